The van der Waals surface area contributed by atoms with E-state index in [1.165, 1.54) is 32.1 Å². The van der Waals surface area contributed by atoms with Crippen LogP contribution in [0, 0.1) is 35.0 Å². The zero-order chi connectivity index (χ0) is 25.3. The lowest BCUT2D eigenvalue weighted by Crippen LogP contribution is -2.36. The third-order valence-corrected chi connectivity index (χ3v) is 9.86. The average Bonchev–Trinajstić information content (AvgIpc) is 3.09. The van der Waals surface area contributed by atoms with Gasteiger partial charge in [-0.15, -0.1) is 0 Å². The van der Waals surface area contributed by atoms with Crippen molar-refractivity contribution in [2.45, 2.75) is 111 Å². The zero-order valence-corrected chi connectivity index (χ0v) is 22.1. The maximum absolute atomic E-state index is 11.1. The number of fused-ring (bicyclic) bond motifs is 1. The van der Waals surface area contributed by atoms with E-state index in [0.717, 1.165) is 29.9 Å². The van der Waals surface area contributed by atoms with Gasteiger partial charge in [-0.25, -0.2) is 0 Å². The molecule has 0 aromatic rings. The lowest BCUT2D eigenvalue weighted by molar-refractivity contribution is -0.139. The van der Waals surface area contributed by atoms with E-state index in [0.29, 0.717) is 36.0 Å². The van der Waals surface area contributed by atoms with Crippen LogP contribution in [0.2, 0.25) is 0 Å². The Bertz CT molecular complexity index is 816. The normalized spacial score (nSPS) is 36.5. The molecule has 0 aromatic carbocycles. The minimum absolute atomic E-state index is 0.00311. The number of aliphatic carboxylic acids is 1. The first-order valence-corrected chi connectivity index (χ1v) is 13.5. The van der Waals surface area contributed by atoms with Gasteiger partial charge in [-0.3, -0.25) is 4.79 Å². The Morgan fingerprint density at radius 2 is 1.91 bits per heavy atom. The van der Waals surface area contributed by atoms with Crippen molar-refractivity contribution in [2.24, 2.45) is 35.0 Å². The Morgan fingerprint density at radius 3 is 2.56 bits per heavy atom. The Hall–Kier alpha value is -1.39. The number of carbonyl (C=O) groups is 1. The van der Waals surface area contributed by atoms with Crippen molar-refractivity contribution >= 4 is 5.97 Å². The number of allylic oxidation sites excluding steroid dienone is 4. The molecule has 4 nitrogen and oxygen atoms in total. The first-order valence-electron chi connectivity index (χ1n) is 13.5. The summed E-state index contributed by atoms with van der Waals surface area (Å²) in [5.74, 6) is 1.24. The van der Waals surface area contributed by atoms with Crippen molar-refractivity contribution in [3.8, 4) is 0 Å². The van der Waals surface area contributed by atoms with Crippen molar-refractivity contribution in [1.29, 1.82) is 0 Å². The summed E-state index contributed by atoms with van der Waals surface area (Å²) in [6, 6.07) is 0. The van der Waals surface area contributed by atoms with E-state index in [1.807, 2.05) is 13.8 Å². The van der Waals surface area contributed by atoms with Gasteiger partial charge in [-0.2, -0.15) is 0 Å². The maximum Gasteiger partial charge on any atom is 0.303 e. The summed E-state index contributed by atoms with van der Waals surface area (Å²) in [6.45, 7) is 15.2. The van der Waals surface area contributed by atoms with Gasteiger partial charge in [-0.1, -0.05) is 57.1 Å². The molecule has 4 heteroatoms. The van der Waals surface area contributed by atoms with Gasteiger partial charge >= 0.3 is 5.97 Å². The van der Waals surface area contributed by atoms with Crippen molar-refractivity contribution < 1.29 is 20.1 Å². The number of aliphatic hydroxyl groups is 2. The molecule has 3 aliphatic rings. The van der Waals surface area contributed by atoms with E-state index >= 15 is 0 Å². The van der Waals surface area contributed by atoms with E-state index in [-0.39, 0.29) is 12.3 Å². The molecule has 3 fully saturated rings. The molecule has 0 spiro atoms. The van der Waals surface area contributed by atoms with Gasteiger partial charge in [0.25, 0.3) is 0 Å². The van der Waals surface area contributed by atoms with Crippen LogP contribution in [0.5, 0.6) is 0 Å². The molecule has 0 amide bonds. The molecule has 3 rings (SSSR count). The maximum atomic E-state index is 11.1. The summed E-state index contributed by atoms with van der Waals surface area (Å²) < 4.78 is 0. The van der Waals surface area contributed by atoms with Crippen LogP contribution in [0.15, 0.2) is 35.5 Å². The van der Waals surface area contributed by atoms with Gasteiger partial charge in [0.2, 0.25) is 0 Å². The topological polar surface area (TPSA) is 77.8 Å². The van der Waals surface area contributed by atoms with Crippen LogP contribution in [0.1, 0.15) is 98.8 Å². The fourth-order valence-electron chi connectivity index (χ4n) is 7.23. The minimum Gasteiger partial charge on any atom is -0.481 e. The second-order valence-corrected chi connectivity index (χ2v) is 12.6. The molecule has 3 saturated carbocycles. The molecule has 0 bridgehead atoms. The highest BCUT2D eigenvalue weighted by atomic mass is 16.4. The van der Waals surface area contributed by atoms with Gasteiger partial charge in [-0.05, 0) is 106 Å². The van der Waals surface area contributed by atoms with Crippen LogP contribution in [0.3, 0.4) is 0 Å². The zero-order valence-electron chi connectivity index (χ0n) is 22.1. The van der Waals surface area contributed by atoms with Crippen LogP contribution in [-0.2, 0) is 4.79 Å². The second-order valence-electron chi connectivity index (χ2n) is 12.6. The molecule has 0 unspecified atom stereocenters. The van der Waals surface area contributed by atoms with Crippen LogP contribution < -0.4 is 0 Å². The van der Waals surface area contributed by atoms with Crippen molar-refractivity contribution in [3.63, 3.8) is 0 Å². The smallest absolute Gasteiger partial charge is 0.303 e. The van der Waals surface area contributed by atoms with Gasteiger partial charge in [0, 0.05) is 0 Å². The summed E-state index contributed by atoms with van der Waals surface area (Å²) in [4.78, 5) is 11.1. The molecule has 0 aromatic heterocycles. The predicted molar refractivity (Wildman–Crippen MR) is 138 cm³/mol. The number of hydrogen-bond acceptors (Lipinski definition) is 3. The number of hydrogen-bond donors (Lipinski definition) is 3. The standard InChI is InChI=1S/C30H48O4/c1-19(9-10-21(3)29(4,5)34)25-13-14-26-22(8-7-15-30(25,26)6)11-12-23-17-27(31)24(16-20(23)2)18-28(32)33/h11-12,19,21,24-27,31,34H,2,7-10,13-18H2,1,3-6H3,(H,32,33)/b22-11-,23-12-/t19-,21+,24+,25-,26+,27-,30-/m1/s1. The lowest BCUT2D eigenvalue weighted by Gasteiger charge is -2.44. The van der Waals surface area contributed by atoms with Crippen molar-refractivity contribution in [3.05, 3.63) is 35.5 Å². The minimum atomic E-state index is -0.854. The average molecular weight is 473 g/mol. The Morgan fingerprint density at radius 1 is 1.21 bits per heavy atom. The SMILES string of the molecule is C=C1C[C@@H](CC(=O)O)[C@H](O)C/C1=C/C=C1/CCC[C@]2(C)[C@@H]([C@H](C)CC[C@H](C)C(C)(C)O)CC[C@@H]12. The lowest BCUT2D eigenvalue weighted by atomic mass is 9.60. The number of carboxylic acid groups (broad SMARTS) is 1. The molecule has 192 valence electrons. The largest absolute Gasteiger partial charge is 0.481 e. The van der Waals surface area contributed by atoms with E-state index < -0.39 is 17.7 Å². The summed E-state index contributed by atoms with van der Waals surface area (Å²) >= 11 is 0. The molecule has 3 N–H and O–H groups in total. The van der Waals surface area contributed by atoms with Crippen LogP contribution in [-0.4, -0.2) is 33.0 Å². The molecule has 0 saturated heterocycles. The molecule has 7 atom stereocenters. The third-order valence-electron chi connectivity index (χ3n) is 9.86. The Labute approximate surface area is 207 Å². The molecule has 0 radical (unpaired) electrons. The summed E-state index contributed by atoms with van der Waals surface area (Å²) in [5.41, 5.74) is 3.34. The van der Waals surface area contributed by atoms with Crippen LogP contribution in [0.4, 0.5) is 0 Å². The fourth-order valence-corrected chi connectivity index (χ4v) is 7.23. The molecule has 0 aliphatic heterocycles. The Balaban J connectivity index is 1.68. The van der Waals surface area contributed by atoms with Crippen LogP contribution in [0.25, 0.3) is 0 Å². The highest BCUT2D eigenvalue weighted by Crippen LogP contribution is 2.60. The van der Waals surface area contributed by atoms with Gasteiger partial charge in [0.15, 0.2) is 0 Å². The van der Waals surface area contributed by atoms with Crippen molar-refractivity contribution in [1.82, 2.24) is 0 Å². The summed E-state index contributed by atoms with van der Waals surface area (Å²) in [5, 5.41) is 29.9. The molecule has 0 heterocycles. The highest BCUT2D eigenvalue weighted by Gasteiger charge is 2.50. The Kier molecular flexibility index (Phi) is 8.56. The number of aliphatic hydroxyl groups excluding tert-OH is 1. The second kappa shape index (κ2) is 10.7. The monoisotopic (exact) mass is 472 g/mol. The number of carboxylic acids is 1. The van der Waals surface area contributed by atoms with E-state index in [2.05, 4.69) is 39.5 Å². The van der Waals surface area contributed by atoms with E-state index in [1.54, 1.807) is 5.57 Å². The summed E-state index contributed by atoms with van der Waals surface area (Å²) in [6.07, 6.45) is 13.4. The van der Waals surface area contributed by atoms with Gasteiger partial charge in [0.05, 0.1) is 18.1 Å². The van der Waals surface area contributed by atoms with E-state index in [9.17, 15) is 15.0 Å². The number of rotatable bonds is 8. The molecular weight excluding hydrogens is 424 g/mol. The predicted octanol–water partition coefficient (Wildman–Crippen LogP) is 6.68. The third kappa shape index (κ3) is 6.05. The highest BCUT2D eigenvalue weighted by molar-refractivity contribution is 5.67. The van der Waals surface area contributed by atoms with E-state index in [4.69, 9.17) is 5.11 Å². The van der Waals surface area contributed by atoms with Gasteiger partial charge in [0.1, 0.15) is 0 Å². The first-order chi connectivity index (χ1) is 15.8. The van der Waals surface area contributed by atoms with Crippen LogP contribution >= 0.6 is 0 Å². The quantitative estimate of drug-likeness (QED) is 0.368. The molecular formula is C30H48O4. The van der Waals surface area contributed by atoms with Crippen molar-refractivity contribution in [2.75, 3.05) is 0 Å². The summed E-state index contributed by atoms with van der Waals surface area (Å²) in [7, 11) is 0. The molecule has 3 aliphatic carbocycles. The fraction of sp³-hybridized carbons (Fsp3) is 0.767. The first kappa shape index (κ1) is 27.2. The molecule has 34 heavy (non-hydrogen) atoms. The van der Waals surface area contributed by atoms with Gasteiger partial charge < -0.3 is 15.3 Å².